The standard InChI is InChI=1S/C30H43F3N2O9/c1-18(2)28(37)42-17-41-26-22(39-4)13-15-34-24(26)27(36)35-21-11-7-12-23(40-16-8-14-30(31,32)33)25(19(3)43-29(21)38)44-20-9-5-6-10-20/h13,15,18-21,23,25H,5-12,14,16-17H2,1-4H3,(H,35,36). The molecule has 1 N–H and O–H groups in total. The fraction of sp³-hybridized carbons (Fsp3) is 0.733. The molecule has 44 heavy (non-hydrogen) atoms. The predicted molar refractivity (Wildman–Crippen MR) is 150 cm³/mol. The molecule has 1 aliphatic carbocycles. The molecule has 4 atom stereocenters. The van der Waals surface area contributed by atoms with Gasteiger partial charge in [0.1, 0.15) is 18.2 Å². The smallest absolute Gasteiger partial charge is 0.389 e. The van der Waals surface area contributed by atoms with Gasteiger partial charge < -0.3 is 33.7 Å². The molecule has 0 radical (unpaired) electrons. The number of aromatic nitrogens is 1. The lowest BCUT2D eigenvalue weighted by Crippen LogP contribution is -2.46. The SMILES string of the molecule is COc1ccnc(C(=O)NC2CCCC(OCCCC(F)(F)F)C(OC3CCCC3)C(C)OC2=O)c1OCOC(=O)C(C)C. The van der Waals surface area contributed by atoms with Crippen molar-refractivity contribution in [2.75, 3.05) is 20.5 Å². The van der Waals surface area contributed by atoms with E-state index in [0.717, 1.165) is 25.7 Å². The molecule has 2 aliphatic rings. The van der Waals surface area contributed by atoms with Crippen molar-refractivity contribution in [1.82, 2.24) is 10.3 Å². The minimum atomic E-state index is -4.28. The molecule has 11 nitrogen and oxygen atoms in total. The molecule has 1 aromatic rings. The third-order valence-corrected chi connectivity index (χ3v) is 7.47. The normalized spacial score (nSPS) is 23.3. The molecule has 3 rings (SSSR count). The minimum absolute atomic E-state index is 0.0592. The molecule has 1 saturated carbocycles. The summed E-state index contributed by atoms with van der Waals surface area (Å²) in [5, 5.41) is 2.66. The van der Waals surface area contributed by atoms with Gasteiger partial charge in [-0.25, -0.2) is 9.78 Å². The zero-order valence-corrected chi connectivity index (χ0v) is 25.7. The number of methoxy groups -OCH3 is 1. The van der Waals surface area contributed by atoms with Crippen molar-refractivity contribution in [2.24, 2.45) is 5.92 Å². The largest absolute Gasteiger partial charge is 0.493 e. The first-order valence-electron chi connectivity index (χ1n) is 15.1. The first-order valence-corrected chi connectivity index (χ1v) is 15.1. The van der Waals surface area contributed by atoms with Crippen LogP contribution in [0.1, 0.15) is 89.0 Å². The van der Waals surface area contributed by atoms with Crippen LogP contribution in [0.15, 0.2) is 12.3 Å². The number of nitrogens with one attached hydrogen (secondary N) is 1. The van der Waals surface area contributed by atoms with Crippen LogP contribution in [0.2, 0.25) is 0 Å². The molecule has 2 heterocycles. The van der Waals surface area contributed by atoms with Gasteiger partial charge in [-0.05, 0) is 45.4 Å². The first-order chi connectivity index (χ1) is 20.9. The monoisotopic (exact) mass is 632 g/mol. The Morgan fingerprint density at radius 3 is 2.52 bits per heavy atom. The number of hydrogen-bond acceptors (Lipinski definition) is 10. The van der Waals surface area contributed by atoms with Crippen LogP contribution in [0.25, 0.3) is 0 Å². The second kappa shape index (κ2) is 16.8. The number of amides is 1. The summed E-state index contributed by atoms with van der Waals surface area (Å²) in [4.78, 5) is 42.6. The lowest BCUT2D eigenvalue weighted by molar-refractivity contribution is -0.177. The van der Waals surface area contributed by atoms with E-state index in [1.54, 1.807) is 20.8 Å². The van der Waals surface area contributed by atoms with Crippen molar-refractivity contribution in [3.05, 3.63) is 18.0 Å². The summed E-state index contributed by atoms with van der Waals surface area (Å²) in [5.74, 6) is -2.25. The highest BCUT2D eigenvalue weighted by Gasteiger charge is 2.38. The summed E-state index contributed by atoms with van der Waals surface area (Å²) in [7, 11) is 1.37. The zero-order chi connectivity index (χ0) is 32.3. The number of alkyl halides is 3. The second-order valence-corrected chi connectivity index (χ2v) is 11.3. The second-order valence-electron chi connectivity index (χ2n) is 11.3. The number of esters is 2. The van der Waals surface area contributed by atoms with Gasteiger partial charge in [0.05, 0.1) is 25.2 Å². The third-order valence-electron chi connectivity index (χ3n) is 7.47. The van der Waals surface area contributed by atoms with E-state index in [4.69, 9.17) is 28.4 Å². The van der Waals surface area contributed by atoms with Crippen LogP contribution in [0.4, 0.5) is 13.2 Å². The molecule has 248 valence electrons. The van der Waals surface area contributed by atoms with Crippen molar-refractivity contribution >= 4 is 17.8 Å². The Hall–Kier alpha value is -3.13. The third kappa shape index (κ3) is 10.8. The van der Waals surface area contributed by atoms with Gasteiger partial charge in [-0.15, -0.1) is 0 Å². The Labute approximate surface area is 255 Å². The molecule has 1 aromatic heterocycles. The average Bonchev–Trinajstić information content (AvgIpc) is 3.49. The summed E-state index contributed by atoms with van der Waals surface area (Å²) in [5.41, 5.74) is -0.195. The summed E-state index contributed by atoms with van der Waals surface area (Å²) in [6.45, 7) is 4.37. The van der Waals surface area contributed by atoms with E-state index in [0.29, 0.717) is 12.8 Å². The van der Waals surface area contributed by atoms with Crippen molar-refractivity contribution in [2.45, 2.75) is 115 Å². The van der Waals surface area contributed by atoms with Crippen LogP contribution in [0.5, 0.6) is 11.5 Å². The fourth-order valence-corrected chi connectivity index (χ4v) is 5.13. The maximum Gasteiger partial charge on any atom is 0.389 e. The van der Waals surface area contributed by atoms with Gasteiger partial charge in [-0.1, -0.05) is 26.7 Å². The van der Waals surface area contributed by atoms with Gasteiger partial charge >= 0.3 is 18.1 Å². The van der Waals surface area contributed by atoms with Gasteiger partial charge in [0, 0.05) is 25.3 Å². The Bertz CT molecular complexity index is 1100. The minimum Gasteiger partial charge on any atom is -0.493 e. The Kier molecular flexibility index (Phi) is 13.5. The van der Waals surface area contributed by atoms with Gasteiger partial charge in [0.15, 0.2) is 17.2 Å². The van der Waals surface area contributed by atoms with Crippen LogP contribution in [0, 0.1) is 5.92 Å². The van der Waals surface area contributed by atoms with E-state index < -0.39 is 61.6 Å². The van der Waals surface area contributed by atoms with Gasteiger partial charge in [0.25, 0.3) is 5.91 Å². The average molecular weight is 633 g/mol. The molecule has 1 aliphatic heterocycles. The lowest BCUT2D eigenvalue weighted by Gasteiger charge is -2.33. The highest BCUT2D eigenvalue weighted by Crippen LogP contribution is 2.31. The van der Waals surface area contributed by atoms with Crippen molar-refractivity contribution < 1.29 is 56.0 Å². The summed E-state index contributed by atoms with van der Waals surface area (Å²) >= 11 is 0. The molecule has 1 amide bonds. The van der Waals surface area contributed by atoms with E-state index in [-0.39, 0.29) is 48.7 Å². The molecule has 0 spiro atoms. The van der Waals surface area contributed by atoms with E-state index in [2.05, 4.69) is 10.3 Å². The maximum atomic E-state index is 13.4. The fourth-order valence-electron chi connectivity index (χ4n) is 5.13. The Morgan fingerprint density at radius 2 is 1.86 bits per heavy atom. The van der Waals surface area contributed by atoms with Gasteiger partial charge in [0.2, 0.25) is 6.79 Å². The molecule has 0 aromatic carbocycles. The summed E-state index contributed by atoms with van der Waals surface area (Å²) < 4.78 is 72.0. The maximum absolute atomic E-state index is 13.4. The highest BCUT2D eigenvalue weighted by molar-refractivity contribution is 5.98. The van der Waals surface area contributed by atoms with Crippen molar-refractivity contribution in [1.29, 1.82) is 0 Å². The lowest BCUT2D eigenvalue weighted by atomic mass is 10.0. The van der Waals surface area contributed by atoms with Crippen LogP contribution >= 0.6 is 0 Å². The van der Waals surface area contributed by atoms with E-state index in [9.17, 15) is 27.6 Å². The summed E-state index contributed by atoms with van der Waals surface area (Å²) in [6.07, 6.45) is -1.63. The quantitative estimate of drug-likeness (QED) is 0.182. The van der Waals surface area contributed by atoms with Crippen LogP contribution in [-0.4, -0.2) is 80.0 Å². The predicted octanol–water partition coefficient (Wildman–Crippen LogP) is 4.90. The zero-order valence-electron chi connectivity index (χ0n) is 25.7. The highest BCUT2D eigenvalue weighted by atomic mass is 19.4. The summed E-state index contributed by atoms with van der Waals surface area (Å²) in [6, 6.07) is 0.395. The molecule has 0 bridgehead atoms. The molecule has 4 unspecified atom stereocenters. The molecular formula is C30H43F3N2O9. The Morgan fingerprint density at radius 1 is 1.14 bits per heavy atom. The van der Waals surface area contributed by atoms with Crippen molar-refractivity contribution in [3.8, 4) is 11.5 Å². The number of rotatable bonds is 13. The molecule has 14 heteroatoms. The number of ether oxygens (including phenoxy) is 6. The van der Waals surface area contributed by atoms with Crippen LogP contribution in [-0.2, 0) is 28.5 Å². The molecule has 1 saturated heterocycles. The number of halogens is 3. The van der Waals surface area contributed by atoms with Gasteiger partial charge in [-0.3, -0.25) is 9.59 Å². The number of hydrogen-bond donors (Lipinski definition) is 1. The van der Waals surface area contributed by atoms with E-state index >= 15 is 0 Å². The first kappa shape index (κ1) is 35.4. The van der Waals surface area contributed by atoms with Crippen LogP contribution < -0.4 is 14.8 Å². The number of carbonyl (C=O) groups excluding carboxylic acids is 3. The number of pyridine rings is 1. The number of cyclic esters (lactones) is 1. The van der Waals surface area contributed by atoms with E-state index in [1.807, 2.05) is 0 Å². The van der Waals surface area contributed by atoms with Gasteiger partial charge in [-0.2, -0.15) is 13.2 Å². The number of nitrogens with zero attached hydrogens (tertiary/aromatic N) is 1. The number of carbonyl (C=O) groups is 3. The topological polar surface area (TPSA) is 132 Å². The van der Waals surface area contributed by atoms with E-state index in [1.165, 1.54) is 19.4 Å². The molecule has 2 fully saturated rings. The Balaban J connectivity index is 1.73. The molecular weight excluding hydrogens is 589 g/mol. The van der Waals surface area contributed by atoms with Crippen molar-refractivity contribution in [3.63, 3.8) is 0 Å². The van der Waals surface area contributed by atoms with Crippen LogP contribution in [0.3, 0.4) is 0 Å².